The van der Waals surface area contributed by atoms with Gasteiger partial charge in [0.1, 0.15) is 4.88 Å². The molecule has 3 heterocycles. The maximum absolute atomic E-state index is 13.0. The Morgan fingerprint density at radius 2 is 2.14 bits per heavy atom. The van der Waals surface area contributed by atoms with Gasteiger partial charge >= 0.3 is 0 Å². The standard InChI is InChI=1S/C15H24N4OS/c1-15(2,3)13-12(21-18-17-13)14(20)19-9-5-7-11(19)10-6-4-8-16-10/h10-11,16H,4-9H2,1-3H3. The first-order chi connectivity index (χ1) is 9.98. The number of nitrogens with one attached hydrogen (secondary N) is 1. The summed E-state index contributed by atoms with van der Waals surface area (Å²) in [5.74, 6) is 0.131. The van der Waals surface area contributed by atoms with Crippen LogP contribution in [0.4, 0.5) is 0 Å². The Balaban J connectivity index is 1.83. The number of nitrogens with zero attached hydrogens (tertiary/aromatic N) is 3. The molecule has 5 nitrogen and oxygen atoms in total. The van der Waals surface area contributed by atoms with Crippen molar-refractivity contribution in [2.45, 2.75) is 64.0 Å². The van der Waals surface area contributed by atoms with Gasteiger partial charge in [0.2, 0.25) is 0 Å². The van der Waals surface area contributed by atoms with Crippen LogP contribution in [-0.4, -0.2) is 45.6 Å². The number of hydrogen-bond donors (Lipinski definition) is 1. The minimum Gasteiger partial charge on any atom is -0.333 e. The van der Waals surface area contributed by atoms with Gasteiger partial charge in [-0.25, -0.2) is 0 Å². The molecule has 2 unspecified atom stereocenters. The second-order valence-corrected chi connectivity index (χ2v) is 7.87. The Kier molecular flexibility index (Phi) is 4.01. The van der Waals surface area contributed by atoms with Gasteiger partial charge in [0.25, 0.3) is 5.91 Å². The van der Waals surface area contributed by atoms with Crippen molar-refractivity contribution in [3.8, 4) is 0 Å². The van der Waals surface area contributed by atoms with Gasteiger partial charge in [0.15, 0.2) is 0 Å². The molecule has 2 aliphatic rings. The molecule has 1 amide bonds. The first-order valence-electron chi connectivity index (χ1n) is 7.85. The Bertz CT molecular complexity index is 516. The fraction of sp³-hybridized carbons (Fsp3) is 0.800. The smallest absolute Gasteiger partial charge is 0.267 e. The van der Waals surface area contributed by atoms with Crippen LogP contribution in [0.3, 0.4) is 0 Å². The van der Waals surface area contributed by atoms with Gasteiger partial charge in [0.05, 0.1) is 5.69 Å². The van der Waals surface area contributed by atoms with Crippen LogP contribution in [-0.2, 0) is 5.41 Å². The van der Waals surface area contributed by atoms with Gasteiger partial charge in [-0.3, -0.25) is 4.79 Å². The highest BCUT2D eigenvalue weighted by Crippen LogP contribution is 2.31. The van der Waals surface area contributed by atoms with Crippen molar-refractivity contribution in [1.29, 1.82) is 0 Å². The van der Waals surface area contributed by atoms with E-state index in [1.54, 1.807) is 0 Å². The summed E-state index contributed by atoms with van der Waals surface area (Å²) in [7, 11) is 0. The maximum Gasteiger partial charge on any atom is 0.267 e. The number of carbonyl (C=O) groups is 1. The molecule has 3 rings (SSSR count). The van der Waals surface area contributed by atoms with Gasteiger partial charge in [-0.2, -0.15) is 0 Å². The van der Waals surface area contributed by atoms with Crippen LogP contribution >= 0.6 is 11.5 Å². The summed E-state index contributed by atoms with van der Waals surface area (Å²) in [6.45, 7) is 8.20. The molecule has 1 aromatic heterocycles. The molecule has 116 valence electrons. The van der Waals surface area contributed by atoms with Crippen LogP contribution in [0.1, 0.15) is 61.8 Å². The summed E-state index contributed by atoms with van der Waals surface area (Å²) in [6, 6.07) is 0.810. The van der Waals surface area contributed by atoms with Crippen LogP contribution in [0.2, 0.25) is 0 Å². The monoisotopic (exact) mass is 308 g/mol. The highest BCUT2D eigenvalue weighted by Gasteiger charge is 2.38. The quantitative estimate of drug-likeness (QED) is 0.910. The highest BCUT2D eigenvalue weighted by atomic mass is 32.1. The largest absolute Gasteiger partial charge is 0.333 e. The molecule has 2 saturated heterocycles. The van der Waals surface area contributed by atoms with Crippen molar-refractivity contribution < 1.29 is 4.79 Å². The second kappa shape index (κ2) is 5.65. The number of aromatic nitrogens is 2. The zero-order valence-electron chi connectivity index (χ0n) is 13.1. The van der Waals surface area contributed by atoms with E-state index in [-0.39, 0.29) is 11.3 Å². The third-order valence-electron chi connectivity index (χ3n) is 4.52. The zero-order valence-corrected chi connectivity index (χ0v) is 13.9. The summed E-state index contributed by atoms with van der Waals surface area (Å²) in [5, 5.41) is 7.76. The summed E-state index contributed by atoms with van der Waals surface area (Å²) in [5.41, 5.74) is 0.696. The normalized spacial score (nSPS) is 26.5. The SMILES string of the molecule is CC(C)(C)c1nnsc1C(=O)N1CCCC1C1CCCN1. The minimum atomic E-state index is -0.140. The highest BCUT2D eigenvalue weighted by molar-refractivity contribution is 7.08. The molecule has 21 heavy (non-hydrogen) atoms. The molecular weight excluding hydrogens is 284 g/mol. The number of amides is 1. The van der Waals surface area contributed by atoms with E-state index in [1.807, 2.05) is 0 Å². The lowest BCUT2D eigenvalue weighted by molar-refractivity contribution is 0.0713. The zero-order chi connectivity index (χ0) is 15.0. The lowest BCUT2D eigenvalue weighted by Crippen LogP contribution is -2.46. The van der Waals surface area contributed by atoms with Gasteiger partial charge in [-0.05, 0) is 43.8 Å². The predicted molar refractivity (Wildman–Crippen MR) is 83.7 cm³/mol. The lowest BCUT2D eigenvalue weighted by atomic mass is 9.91. The molecule has 0 aromatic carbocycles. The predicted octanol–water partition coefficient (Wildman–Crippen LogP) is 2.19. The first-order valence-corrected chi connectivity index (χ1v) is 8.63. The molecule has 6 heteroatoms. The Morgan fingerprint density at radius 3 is 2.81 bits per heavy atom. The average molecular weight is 308 g/mol. The average Bonchev–Trinajstić information content (AvgIpc) is 3.16. The van der Waals surface area contributed by atoms with Gasteiger partial charge in [0, 0.05) is 24.0 Å². The van der Waals surface area contributed by atoms with Crippen LogP contribution in [0.15, 0.2) is 0 Å². The van der Waals surface area contributed by atoms with E-state index >= 15 is 0 Å². The number of carbonyl (C=O) groups excluding carboxylic acids is 1. The fourth-order valence-electron chi connectivity index (χ4n) is 3.45. The first kappa shape index (κ1) is 14.9. The molecule has 0 saturated carbocycles. The summed E-state index contributed by atoms with van der Waals surface area (Å²) in [6.07, 6.45) is 4.62. The molecule has 2 fully saturated rings. The Hall–Kier alpha value is -1.01. The second-order valence-electron chi connectivity index (χ2n) is 7.11. The van der Waals surface area contributed by atoms with E-state index < -0.39 is 0 Å². The summed E-state index contributed by atoms with van der Waals surface area (Å²) >= 11 is 1.24. The molecule has 0 bridgehead atoms. The van der Waals surface area contributed by atoms with Gasteiger partial charge in [-0.15, -0.1) is 5.10 Å². The van der Waals surface area contributed by atoms with Crippen molar-refractivity contribution in [2.24, 2.45) is 0 Å². The lowest BCUT2D eigenvalue weighted by Gasteiger charge is -2.30. The molecule has 2 aliphatic heterocycles. The third-order valence-corrected chi connectivity index (χ3v) is 5.23. The van der Waals surface area contributed by atoms with Crippen LogP contribution in [0.5, 0.6) is 0 Å². The molecule has 1 N–H and O–H groups in total. The Morgan fingerprint density at radius 1 is 1.33 bits per heavy atom. The van der Waals surface area contributed by atoms with E-state index in [1.165, 1.54) is 24.4 Å². The van der Waals surface area contributed by atoms with E-state index in [9.17, 15) is 4.79 Å². The minimum absolute atomic E-state index is 0.131. The number of likely N-dealkylation sites (tertiary alicyclic amines) is 1. The molecule has 1 aromatic rings. The number of hydrogen-bond acceptors (Lipinski definition) is 5. The van der Waals surface area contributed by atoms with Crippen molar-refractivity contribution in [1.82, 2.24) is 19.8 Å². The van der Waals surface area contributed by atoms with Crippen LogP contribution in [0, 0.1) is 0 Å². The molecule has 0 radical (unpaired) electrons. The van der Waals surface area contributed by atoms with E-state index in [2.05, 4.69) is 40.6 Å². The molecule has 2 atom stereocenters. The van der Waals surface area contributed by atoms with E-state index in [0.29, 0.717) is 12.1 Å². The molecule has 0 aliphatic carbocycles. The van der Waals surface area contributed by atoms with E-state index in [4.69, 9.17) is 0 Å². The van der Waals surface area contributed by atoms with Crippen LogP contribution < -0.4 is 5.32 Å². The summed E-state index contributed by atoms with van der Waals surface area (Å²) < 4.78 is 4.03. The van der Waals surface area contributed by atoms with Gasteiger partial charge < -0.3 is 10.2 Å². The van der Waals surface area contributed by atoms with Gasteiger partial charge in [-0.1, -0.05) is 25.3 Å². The van der Waals surface area contributed by atoms with E-state index in [0.717, 1.165) is 36.5 Å². The topological polar surface area (TPSA) is 58.1 Å². The molecular formula is C15H24N4OS. The van der Waals surface area contributed by atoms with Crippen molar-refractivity contribution in [3.63, 3.8) is 0 Å². The third kappa shape index (κ3) is 2.83. The maximum atomic E-state index is 13.0. The van der Waals surface area contributed by atoms with Crippen molar-refractivity contribution in [2.75, 3.05) is 13.1 Å². The Labute approximate surface area is 130 Å². The number of rotatable bonds is 2. The summed E-state index contributed by atoms with van der Waals surface area (Å²) in [4.78, 5) is 15.8. The molecule has 0 spiro atoms. The van der Waals surface area contributed by atoms with Crippen molar-refractivity contribution >= 4 is 17.4 Å². The fourth-order valence-corrected chi connectivity index (χ4v) is 4.29. The van der Waals surface area contributed by atoms with Crippen molar-refractivity contribution in [3.05, 3.63) is 10.6 Å². The van der Waals surface area contributed by atoms with Crippen LogP contribution in [0.25, 0.3) is 0 Å².